The first-order valence-electron chi connectivity index (χ1n) is 6.11. The standard InChI is InChI=1S/C15H17N/c1-2-7-15-13(4-1)5-3-6-14(15)10-12-8-9-16-11-12/h1-7,12,16H,8-11H2. The van der Waals surface area contributed by atoms with E-state index in [2.05, 4.69) is 47.8 Å². The lowest BCUT2D eigenvalue weighted by Gasteiger charge is -2.10. The van der Waals surface area contributed by atoms with Crippen LogP contribution in [0, 0.1) is 5.92 Å². The van der Waals surface area contributed by atoms with E-state index in [-0.39, 0.29) is 0 Å². The fraction of sp³-hybridized carbons (Fsp3) is 0.333. The Kier molecular flexibility index (Phi) is 2.63. The maximum Gasteiger partial charge on any atom is -0.00169 e. The van der Waals surface area contributed by atoms with Crippen LogP contribution in [0.5, 0.6) is 0 Å². The average Bonchev–Trinajstić information content (AvgIpc) is 2.82. The van der Waals surface area contributed by atoms with Crippen molar-refractivity contribution in [2.75, 3.05) is 13.1 Å². The van der Waals surface area contributed by atoms with Crippen molar-refractivity contribution >= 4 is 10.8 Å². The van der Waals surface area contributed by atoms with Crippen molar-refractivity contribution in [1.29, 1.82) is 0 Å². The Balaban J connectivity index is 1.96. The van der Waals surface area contributed by atoms with Crippen LogP contribution in [0.15, 0.2) is 42.5 Å². The Hall–Kier alpha value is -1.34. The molecule has 1 atom stereocenters. The molecule has 2 aromatic carbocycles. The molecule has 1 fully saturated rings. The molecule has 1 N–H and O–H groups in total. The van der Waals surface area contributed by atoms with Crippen molar-refractivity contribution < 1.29 is 0 Å². The minimum absolute atomic E-state index is 0.825. The van der Waals surface area contributed by atoms with Crippen molar-refractivity contribution in [2.45, 2.75) is 12.8 Å². The van der Waals surface area contributed by atoms with Crippen LogP contribution in [-0.2, 0) is 6.42 Å². The number of fused-ring (bicyclic) bond motifs is 1. The second-order valence-corrected chi connectivity index (χ2v) is 4.70. The molecule has 0 amide bonds. The topological polar surface area (TPSA) is 12.0 Å². The molecule has 1 aliphatic rings. The zero-order chi connectivity index (χ0) is 10.8. The number of hydrogen-bond donors (Lipinski definition) is 1. The van der Waals surface area contributed by atoms with Gasteiger partial charge in [-0.05, 0) is 48.2 Å². The van der Waals surface area contributed by atoms with Gasteiger partial charge in [0, 0.05) is 0 Å². The fourth-order valence-corrected chi connectivity index (χ4v) is 2.67. The van der Waals surface area contributed by atoms with E-state index >= 15 is 0 Å². The largest absolute Gasteiger partial charge is 0.316 e. The van der Waals surface area contributed by atoms with E-state index in [1.54, 1.807) is 0 Å². The molecule has 1 aliphatic heterocycles. The second-order valence-electron chi connectivity index (χ2n) is 4.70. The van der Waals surface area contributed by atoms with Crippen molar-refractivity contribution in [3.63, 3.8) is 0 Å². The van der Waals surface area contributed by atoms with Crippen LogP contribution in [0.2, 0.25) is 0 Å². The predicted molar refractivity (Wildman–Crippen MR) is 68.6 cm³/mol. The van der Waals surface area contributed by atoms with E-state index < -0.39 is 0 Å². The molecule has 0 radical (unpaired) electrons. The Morgan fingerprint density at radius 1 is 1.06 bits per heavy atom. The van der Waals surface area contributed by atoms with Crippen molar-refractivity contribution in [2.24, 2.45) is 5.92 Å². The SMILES string of the molecule is c1ccc2c(CC3CCNC3)cccc2c1. The van der Waals surface area contributed by atoms with Gasteiger partial charge in [0.05, 0.1) is 0 Å². The first-order valence-corrected chi connectivity index (χ1v) is 6.11. The van der Waals surface area contributed by atoms with Gasteiger partial charge in [0.2, 0.25) is 0 Å². The molecule has 0 aromatic heterocycles. The highest BCUT2D eigenvalue weighted by Crippen LogP contribution is 2.23. The third-order valence-corrected chi connectivity index (χ3v) is 3.55. The van der Waals surface area contributed by atoms with Gasteiger partial charge < -0.3 is 5.32 Å². The van der Waals surface area contributed by atoms with Crippen LogP contribution in [0.25, 0.3) is 10.8 Å². The van der Waals surface area contributed by atoms with Gasteiger partial charge in [-0.15, -0.1) is 0 Å². The number of rotatable bonds is 2. The highest BCUT2D eigenvalue weighted by atomic mass is 14.9. The molecule has 82 valence electrons. The van der Waals surface area contributed by atoms with Gasteiger partial charge in [-0.25, -0.2) is 0 Å². The number of nitrogens with one attached hydrogen (secondary N) is 1. The minimum Gasteiger partial charge on any atom is -0.316 e. The van der Waals surface area contributed by atoms with Crippen molar-refractivity contribution in [1.82, 2.24) is 5.32 Å². The summed E-state index contributed by atoms with van der Waals surface area (Å²) in [4.78, 5) is 0. The van der Waals surface area contributed by atoms with Crippen LogP contribution in [-0.4, -0.2) is 13.1 Å². The molecule has 3 rings (SSSR count). The number of benzene rings is 2. The molecular formula is C15H17N. The Bertz CT molecular complexity index is 478. The van der Waals surface area contributed by atoms with Crippen molar-refractivity contribution in [3.05, 3.63) is 48.0 Å². The lowest BCUT2D eigenvalue weighted by molar-refractivity contribution is 0.582. The van der Waals surface area contributed by atoms with E-state index in [0.29, 0.717) is 0 Å². The molecule has 1 heterocycles. The van der Waals surface area contributed by atoms with Gasteiger partial charge >= 0.3 is 0 Å². The maximum absolute atomic E-state index is 3.44. The summed E-state index contributed by atoms with van der Waals surface area (Å²) >= 11 is 0. The summed E-state index contributed by atoms with van der Waals surface area (Å²) in [5.41, 5.74) is 1.51. The maximum atomic E-state index is 3.44. The van der Waals surface area contributed by atoms with Crippen LogP contribution in [0.3, 0.4) is 0 Å². The molecule has 0 bridgehead atoms. The predicted octanol–water partition coefficient (Wildman–Crippen LogP) is 2.99. The van der Waals surface area contributed by atoms with E-state index in [1.807, 2.05) is 0 Å². The zero-order valence-corrected chi connectivity index (χ0v) is 9.45. The Labute approximate surface area is 96.5 Å². The lowest BCUT2D eigenvalue weighted by Crippen LogP contribution is -2.10. The lowest BCUT2D eigenvalue weighted by atomic mass is 9.94. The summed E-state index contributed by atoms with van der Waals surface area (Å²) in [6.07, 6.45) is 2.54. The highest BCUT2D eigenvalue weighted by molar-refractivity contribution is 5.85. The molecule has 0 aliphatic carbocycles. The summed E-state index contributed by atoms with van der Waals surface area (Å²) in [7, 11) is 0. The third kappa shape index (κ3) is 1.83. The molecule has 1 nitrogen and oxygen atoms in total. The fourth-order valence-electron chi connectivity index (χ4n) is 2.67. The Morgan fingerprint density at radius 2 is 1.94 bits per heavy atom. The van der Waals surface area contributed by atoms with Crippen LogP contribution in [0.1, 0.15) is 12.0 Å². The molecule has 1 unspecified atom stereocenters. The normalized spacial score (nSPS) is 20.4. The smallest absolute Gasteiger partial charge is 0.00169 e. The first-order chi connectivity index (χ1) is 7.93. The van der Waals surface area contributed by atoms with Gasteiger partial charge in [-0.3, -0.25) is 0 Å². The summed E-state index contributed by atoms with van der Waals surface area (Å²) < 4.78 is 0. The van der Waals surface area contributed by atoms with E-state index in [0.717, 1.165) is 5.92 Å². The highest BCUT2D eigenvalue weighted by Gasteiger charge is 2.15. The second kappa shape index (κ2) is 4.26. The monoisotopic (exact) mass is 211 g/mol. The van der Waals surface area contributed by atoms with E-state index in [9.17, 15) is 0 Å². The van der Waals surface area contributed by atoms with Gasteiger partial charge in [-0.2, -0.15) is 0 Å². The van der Waals surface area contributed by atoms with Gasteiger partial charge in [0.1, 0.15) is 0 Å². The summed E-state index contributed by atoms with van der Waals surface area (Å²) in [6.45, 7) is 2.37. The summed E-state index contributed by atoms with van der Waals surface area (Å²) in [5, 5.41) is 6.23. The molecule has 2 aromatic rings. The molecule has 1 saturated heterocycles. The van der Waals surface area contributed by atoms with E-state index in [1.165, 1.54) is 42.3 Å². The Morgan fingerprint density at radius 3 is 2.81 bits per heavy atom. The average molecular weight is 211 g/mol. The van der Waals surface area contributed by atoms with Crippen molar-refractivity contribution in [3.8, 4) is 0 Å². The minimum atomic E-state index is 0.825. The molecule has 0 saturated carbocycles. The molecular weight excluding hydrogens is 194 g/mol. The number of hydrogen-bond acceptors (Lipinski definition) is 1. The third-order valence-electron chi connectivity index (χ3n) is 3.55. The van der Waals surface area contributed by atoms with Crippen LogP contribution < -0.4 is 5.32 Å². The molecule has 0 spiro atoms. The zero-order valence-electron chi connectivity index (χ0n) is 9.45. The first kappa shape index (κ1) is 9.86. The summed E-state index contributed by atoms with van der Waals surface area (Å²) in [6, 6.07) is 15.4. The molecule has 1 heteroatoms. The van der Waals surface area contributed by atoms with Gasteiger partial charge in [0.25, 0.3) is 0 Å². The van der Waals surface area contributed by atoms with E-state index in [4.69, 9.17) is 0 Å². The quantitative estimate of drug-likeness (QED) is 0.805. The van der Waals surface area contributed by atoms with Crippen LogP contribution in [0.4, 0.5) is 0 Å². The molecule has 16 heavy (non-hydrogen) atoms. The van der Waals surface area contributed by atoms with Gasteiger partial charge in [0.15, 0.2) is 0 Å². The summed E-state index contributed by atoms with van der Waals surface area (Å²) in [5.74, 6) is 0.825. The van der Waals surface area contributed by atoms with Gasteiger partial charge in [-0.1, -0.05) is 42.5 Å². The van der Waals surface area contributed by atoms with Crippen LogP contribution >= 0.6 is 0 Å².